The van der Waals surface area contributed by atoms with Gasteiger partial charge in [-0.05, 0) is 71.8 Å². The van der Waals surface area contributed by atoms with Gasteiger partial charge in [0.15, 0.2) is 0 Å². The van der Waals surface area contributed by atoms with Crippen LogP contribution in [0.2, 0.25) is 0 Å². The molecule has 0 aliphatic carbocycles. The predicted molar refractivity (Wildman–Crippen MR) is 170 cm³/mol. The van der Waals surface area contributed by atoms with Crippen LogP contribution in [-0.2, 0) is 0 Å². The lowest BCUT2D eigenvalue weighted by atomic mass is 9.95. The van der Waals surface area contributed by atoms with Crippen LogP contribution in [0.25, 0.3) is 76.7 Å². The summed E-state index contributed by atoms with van der Waals surface area (Å²) < 4.78 is 4.57. The van der Waals surface area contributed by atoms with Crippen LogP contribution in [0, 0.1) is 22.7 Å². The maximum atomic E-state index is 9.69. The molecule has 9 aromatic rings. The van der Waals surface area contributed by atoms with Crippen molar-refractivity contribution in [1.82, 2.24) is 8.97 Å². The molecule has 3 heterocycles. The molecule has 0 unspecified atom stereocenters. The Bertz CT molecular complexity index is 2540. The molecule has 0 aliphatic heterocycles. The molecule has 42 heavy (non-hydrogen) atoms. The number of hydrogen-bond donors (Lipinski definition) is 0. The number of rotatable bonds is 2. The Kier molecular flexibility index (Phi) is 4.43. The van der Waals surface area contributed by atoms with E-state index in [1.807, 2.05) is 24.3 Å². The summed E-state index contributed by atoms with van der Waals surface area (Å²) in [7, 11) is 0. The number of para-hydroxylation sites is 2. The average molecular weight is 533 g/mol. The lowest BCUT2D eigenvalue weighted by Crippen LogP contribution is -1.92. The first kappa shape index (κ1) is 22.7. The molecule has 0 bridgehead atoms. The van der Waals surface area contributed by atoms with Crippen molar-refractivity contribution in [2.75, 3.05) is 0 Å². The normalized spacial score (nSPS) is 11.8. The Morgan fingerprint density at radius 2 is 1.10 bits per heavy atom. The zero-order valence-corrected chi connectivity index (χ0v) is 22.3. The molecule has 0 saturated heterocycles. The zero-order chi connectivity index (χ0) is 27.9. The Hall–Kier alpha value is -6.10. The van der Waals surface area contributed by atoms with E-state index in [0.717, 1.165) is 54.9 Å². The second-order valence-electron chi connectivity index (χ2n) is 10.8. The molecule has 0 radical (unpaired) electrons. The third kappa shape index (κ3) is 2.88. The topological polar surface area (TPSA) is 56.9 Å². The van der Waals surface area contributed by atoms with E-state index in [4.69, 9.17) is 0 Å². The molecule has 0 aliphatic rings. The van der Waals surface area contributed by atoms with Crippen LogP contribution in [0.3, 0.4) is 0 Å². The Balaban J connectivity index is 1.45. The van der Waals surface area contributed by atoms with Crippen LogP contribution in [0.5, 0.6) is 0 Å². The van der Waals surface area contributed by atoms with E-state index in [1.54, 1.807) is 0 Å². The molecule has 192 valence electrons. The summed E-state index contributed by atoms with van der Waals surface area (Å²) in [6, 6.07) is 46.7. The fraction of sp³-hybridized carbons (Fsp3) is 0. The van der Waals surface area contributed by atoms with Crippen LogP contribution >= 0.6 is 0 Å². The molecule has 4 heteroatoms. The minimum Gasteiger partial charge on any atom is -0.309 e. The number of nitrogens with zero attached hydrogens (tertiary/aromatic N) is 4. The third-order valence-electron chi connectivity index (χ3n) is 8.67. The minimum atomic E-state index is 0.617. The molecule has 0 atom stereocenters. The van der Waals surface area contributed by atoms with Gasteiger partial charge in [0.1, 0.15) is 0 Å². The number of fused-ring (bicyclic) bond motifs is 9. The number of benzene rings is 6. The summed E-state index contributed by atoms with van der Waals surface area (Å²) in [6.07, 6.45) is 0. The highest BCUT2D eigenvalue weighted by molar-refractivity contribution is 6.25. The van der Waals surface area contributed by atoms with Gasteiger partial charge in [0.05, 0.1) is 50.8 Å². The SMILES string of the molecule is N#Cc1ccc2c3cc(-c4cccc5c4c4ccccc4n5-c4ccccc4)cc4c5ccc(C#N)cc5n(c2c1)c34. The van der Waals surface area contributed by atoms with Crippen LogP contribution in [0.15, 0.2) is 121 Å². The van der Waals surface area contributed by atoms with Crippen LogP contribution in [-0.4, -0.2) is 8.97 Å². The van der Waals surface area contributed by atoms with Crippen LogP contribution in [0.4, 0.5) is 0 Å². The van der Waals surface area contributed by atoms with E-state index in [1.165, 1.54) is 21.9 Å². The highest BCUT2D eigenvalue weighted by Gasteiger charge is 2.21. The van der Waals surface area contributed by atoms with Crippen LogP contribution < -0.4 is 0 Å². The van der Waals surface area contributed by atoms with Gasteiger partial charge in [0.25, 0.3) is 0 Å². The molecule has 4 nitrogen and oxygen atoms in total. The second kappa shape index (κ2) is 8.21. The van der Waals surface area contributed by atoms with Crippen molar-refractivity contribution in [3.05, 3.63) is 132 Å². The van der Waals surface area contributed by atoms with Crippen molar-refractivity contribution in [3.63, 3.8) is 0 Å². The molecule has 0 spiro atoms. The van der Waals surface area contributed by atoms with Gasteiger partial charge >= 0.3 is 0 Å². The largest absolute Gasteiger partial charge is 0.309 e. The molecule has 3 aromatic heterocycles. The van der Waals surface area contributed by atoms with Crippen molar-refractivity contribution in [3.8, 4) is 29.0 Å². The maximum Gasteiger partial charge on any atom is 0.0992 e. The second-order valence-corrected chi connectivity index (χ2v) is 10.8. The Morgan fingerprint density at radius 1 is 0.476 bits per heavy atom. The zero-order valence-electron chi connectivity index (χ0n) is 22.3. The number of aromatic nitrogens is 2. The highest BCUT2D eigenvalue weighted by atomic mass is 15.0. The monoisotopic (exact) mass is 532 g/mol. The fourth-order valence-corrected chi connectivity index (χ4v) is 6.96. The Labute approximate surface area is 240 Å². The number of hydrogen-bond acceptors (Lipinski definition) is 2. The molecular formula is C38H20N4. The molecule has 9 rings (SSSR count). The fourth-order valence-electron chi connectivity index (χ4n) is 6.96. The summed E-state index contributed by atoms with van der Waals surface area (Å²) in [5, 5.41) is 26.3. The summed E-state index contributed by atoms with van der Waals surface area (Å²) >= 11 is 0. The van der Waals surface area contributed by atoms with Gasteiger partial charge in [-0.1, -0.05) is 60.7 Å². The lowest BCUT2D eigenvalue weighted by Gasteiger charge is -2.09. The third-order valence-corrected chi connectivity index (χ3v) is 8.67. The van der Waals surface area contributed by atoms with Gasteiger partial charge in [-0.15, -0.1) is 0 Å². The molecule has 0 amide bonds. The first-order chi connectivity index (χ1) is 20.7. The van der Waals surface area contributed by atoms with E-state index in [-0.39, 0.29) is 0 Å². The van der Waals surface area contributed by atoms with Crippen molar-refractivity contribution < 1.29 is 0 Å². The van der Waals surface area contributed by atoms with Gasteiger partial charge in [0, 0.05) is 38.0 Å². The molecule has 0 fully saturated rings. The van der Waals surface area contributed by atoms with E-state index < -0.39 is 0 Å². The van der Waals surface area contributed by atoms with Crippen molar-refractivity contribution >= 4 is 59.9 Å². The Morgan fingerprint density at radius 3 is 1.76 bits per heavy atom. The molecule has 0 saturated carbocycles. The highest BCUT2D eigenvalue weighted by Crippen LogP contribution is 2.44. The molecule has 6 aromatic carbocycles. The van der Waals surface area contributed by atoms with Gasteiger partial charge in [0.2, 0.25) is 0 Å². The molecular weight excluding hydrogens is 512 g/mol. The van der Waals surface area contributed by atoms with E-state index >= 15 is 0 Å². The van der Waals surface area contributed by atoms with Gasteiger partial charge in [-0.3, -0.25) is 0 Å². The first-order valence-corrected chi connectivity index (χ1v) is 13.9. The molecule has 0 N–H and O–H groups in total. The van der Waals surface area contributed by atoms with Crippen LogP contribution in [0.1, 0.15) is 11.1 Å². The smallest absolute Gasteiger partial charge is 0.0992 e. The van der Waals surface area contributed by atoms with Gasteiger partial charge in [-0.25, -0.2) is 0 Å². The van der Waals surface area contributed by atoms with E-state index in [2.05, 4.69) is 118 Å². The summed E-state index contributed by atoms with van der Waals surface area (Å²) in [6.45, 7) is 0. The van der Waals surface area contributed by atoms with Crippen molar-refractivity contribution in [1.29, 1.82) is 10.5 Å². The van der Waals surface area contributed by atoms with E-state index in [9.17, 15) is 10.5 Å². The van der Waals surface area contributed by atoms with Gasteiger partial charge < -0.3 is 8.97 Å². The maximum absolute atomic E-state index is 9.69. The quantitative estimate of drug-likeness (QED) is 0.223. The van der Waals surface area contributed by atoms with Crippen molar-refractivity contribution in [2.45, 2.75) is 0 Å². The average Bonchev–Trinajstić information content (AvgIpc) is 3.68. The summed E-state index contributed by atoms with van der Waals surface area (Å²) in [5.41, 5.74) is 10.1. The van der Waals surface area contributed by atoms with Crippen molar-refractivity contribution in [2.24, 2.45) is 0 Å². The number of nitriles is 2. The summed E-state index contributed by atoms with van der Waals surface area (Å²) in [4.78, 5) is 0. The van der Waals surface area contributed by atoms with Gasteiger partial charge in [-0.2, -0.15) is 10.5 Å². The minimum absolute atomic E-state index is 0.617. The summed E-state index contributed by atoms with van der Waals surface area (Å²) in [5.74, 6) is 0. The first-order valence-electron chi connectivity index (χ1n) is 13.9. The van der Waals surface area contributed by atoms with E-state index in [0.29, 0.717) is 11.1 Å². The standard InChI is InChI=1S/C38H20N4/c39-21-23-13-15-28-31-19-25(20-32-29-16-14-24(22-40)18-36(29)42(38(31)32)35(28)17-23)27-10-6-12-34-37(27)30-9-4-5-11-33(30)41(34)26-7-2-1-3-8-26/h1-20H. The lowest BCUT2D eigenvalue weighted by molar-refractivity contribution is 1.18. The predicted octanol–water partition coefficient (Wildman–Crippen LogP) is 9.34.